The molecule has 6 heteroatoms. The zero-order valence-corrected chi connectivity index (χ0v) is 14.5. The molecule has 0 bridgehead atoms. The largest absolute Gasteiger partial charge is 0.497 e. The number of nitro benzene ring substituents is 1. The van der Waals surface area contributed by atoms with Crippen LogP contribution in [0.25, 0.3) is 21.8 Å². The number of benzene rings is 2. The van der Waals surface area contributed by atoms with Crippen molar-refractivity contribution in [3.63, 3.8) is 0 Å². The molecule has 0 saturated heterocycles. The van der Waals surface area contributed by atoms with Gasteiger partial charge in [-0.15, -0.1) is 0 Å². The summed E-state index contributed by atoms with van der Waals surface area (Å²) >= 11 is 0. The highest BCUT2D eigenvalue weighted by Gasteiger charge is 2.09. The van der Waals surface area contributed by atoms with E-state index in [1.165, 1.54) is 10.9 Å². The second-order valence-electron chi connectivity index (χ2n) is 6.30. The van der Waals surface area contributed by atoms with Crippen LogP contribution in [-0.2, 0) is 13.1 Å². The van der Waals surface area contributed by atoms with Crippen molar-refractivity contribution in [3.8, 4) is 5.75 Å². The smallest absolute Gasteiger partial charge is 0.270 e. The molecule has 0 atom stereocenters. The lowest BCUT2D eigenvalue weighted by Gasteiger charge is -2.08. The Morgan fingerprint density at radius 2 is 1.54 bits per heavy atom. The lowest BCUT2D eigenvalue weighted by Crippen LogP contribution is -2.02. The highest BCUT2D eigenvalue weighted by atomic mass is 16.6. The molecule has 0 N–H and O–H groups in total. The molecule has 0 aliphatic heterocycles. The van der Waals surface area contributed by atoms with Crippen molar-refractivity contribution in [1.29, 1.82) is 0 Å². The predicted octanol–water partition coefficient (Wildman–Crippen LogP) is 4.60. The van der Waals surface area contributed by atoms with E-state index in [9.17, 15) is 10.1 Å². The summed E-state index contributed by atoms with van der Waals surface area (Å²) in [5, 5.41) is 13.0. The van der Waals surface area contributed by atoms with Gasteiger partial charge in [-0.2, -0.15) is 0 Å². The van der Waals surface area contributed by atoms with Crippen molar-refractivity contribution in [2.24, 2.45) is 0 Å². The zero-order chi connectivity index (χ0) is 18.1. The summed E-state index contributed by atoms with van der Waals surface area (Å²) in [6.45, 7) is 1.76. The number of non-ortho nitro benzene ring substituents is 1. The first-order valence-electron chi connectivity index (χ1n) is 8.52. The molecule has 2 aromatic carbocycles. The number of hydrogen-bond donors (Lipinski definition) is 0. The number of nitro groups is 1. The van der Waals surface area contributed by atoms with Crippen molar-refractivity contribution >= 4 is 27.5 Å². The molecular formula is C20H19N3O3. The lowest BCUT2D eigenvalue weighted by atomic mass is 10.2. The van der Waals surface area contributed by atoms with Gasteiger partial charge >= 0.3 is 0 Å². The van der Waals surface area contributed by atoms with Crippen LogP contribution in [0.2, 0.25) is 0 Å². The summed E-state index contributed by atoms with van der Waals surface area (Å²) < 4.78 is 9.66. The molecule has 2 heterocycles. The van der Waals surface area contributed by atoms with Crippen molar-refractivity contribution in [3.05, 3.63) is 71.0 Å². The van der Waals surface area contributed by atoms with Crippen LogP contribution < -0.4 is 4.74 Å². The van der Waals surface area contributed by atoms with Crippen LogP contribution in [0.3, 0.4) is 0 Å². The molecule has 0 spiro atoms. The van der Waals surface area contributed by atoms with Crippen molar-refractivity contribution in [2.45, 2.75) is 19.5 Å². The minimum Gasteiger partial charge on any atom is -0.497 e. The van der Waals surface area contributed by atoms with Gasteiger partial charge in [-0.05, 0) is 42.8 Å². The molecule has 4 rings (SSSR count). The number of aromatic nitrogens is 2. The maximum atomic E-state index is 10.9. The topological polar surface area (TPSA) is 62.2 Å². The third kappa shape index (κ3) is 2.90. The molecule has 0 amide bonds. The molecule has 6 nitrogen and oxygen atoms in total. The van der Waals surface area contributed by atoms with E-state index in [0.29, 0.717) is 0 Å². The van der Waals surface area contributed by atoms with Gasteiger partial charge in [-0.25, -0.2) is 0 Å². The Balaban J connectivity index is 1.48. The van der Waals surface area contributed by atoms with Gasteiger partial charge in [0.25, 0.3) is 5.69 Å². The summed E-state index contributed by atoms with van der Waals surface area (Å²) in [5.41, 5.74) is 2.35. The number of methoxy groups -OCH3 is 1. The molecular weight excluding hydrogens is 330 g/mol. The highest BCUT2D eigenvalue weighted by Crippen LogP contribution is 2.24. The van der Waals surface area contributed by atoms with E-state index in [-0.39, 0.29) is 10.6 Å². The summed E-state index contributed by atoms with van der Waals surface area (Å²) in [4.78, 5) is 10.5. The van der Waals surface area contributed by atoms with Gasteiger partial charge in [0.05, 0.1) is 12.0 Å². The van der Waals surface area contributed by atoms with Crippen molar-refractivity contribution in [2.75, 3.05) is 7.11 Å². The van der Waals surface area contributed by atoms with Crippen LogP contribution >= 0.6 is 0 Å². The van der Waals surface area contributed by atoms with Gasteiger partial charge < -0.3 is 13.9 Å². The number of fused-ring (bicyclic) bond motifs is 2. The Kier molecular flexibility index (Phi) is 4.08. The van der Waals surface area contributed by atoms with Crippen LogP contribution in [0.15, 0.2) is 60.9 Å². The quantitative estimate of drug-likeness (QED) is 0.377. The van der Waals surface area contributed by atoms with Crippen molar-refractivity contribution in [1.82, 2.24) is 9.13 Å². The van der Waals surface area contributed by atoms with Gasteiger partial charge in [0.1, 0.15) is 5.75 Å². The summed E-state index contributed by atoms with van der Waals surface area (Å²) in [6.07, 6.45) is 5.06. The molecule has 0 aliphatic carbocycles. The molecule has 0 aliphatic rings. The third-order valence-electron chi connectivity index (χ3n) is 4.74. The van der Waals surface area contributed by atoms with Crippen molar-refractivity contribution < 1.29 is 9.66 Å². The molecule has 2 aromatic heterocycles. The van der Waals surface area contributed by atoms with Gasteiger partial charge in [0.2, 0.25) is 0 Å². The van der Waals surface area contributed by atoms with E-state index in [4.69, 9.17) is 4.74 Å². The number of rotatable bonds is 6. The van der Waals surface area contributed by atoms with Gasteiger partial charge in [-0.1, -0.05) is 0 Å². The Morgan fingerprint density at radius 1 is 0.923 bits per heavy atom. The van der Waals surface area contributed by atoms with E-state index < -0.39 is 0 Å². The first-order chi connectivity index (χ1) is 12.7. The Labute approximate surface area is 150 Å². The summed E-state index contributed by atoms with van der Waals surface area (Å²) in [7, 11) is 1.67. The molecule has 0 unspecified atom stereocenters. The molecule has 4 aromatic rings. The molecule has 0 fully saturated rings. The molecule has 0 radical (unpaired) electrons. The fraction of sp³-hybridized carbons (Fsp3) is 0.200. The highest BCUT2D eigenvalue weighted by molar-refractivity contribution is 5.83. The zero-order valence-electron chi connectivity index (χ0n) is 14.5. The average molecular weight is 349 g/mol. The maximum absolute atomic E-state index is 10.9. The Morgan fingerprint density at radius 3 is 2.15 bits per heavy atom. The molecule has 26 heavy (non-hydrogen) atoms. The maximum Gasteiger partial charge on any atom is 0.270 e. The average Bonchev–Trinajstić information content (AvgIpc) is 3.25. The van der Waals surface area contributed by atoms with Gasteiger partial charge in [-0.3, -0.25) is 10.1 Å². The van der Waals surface area contributed by atoms with Crippen LogP contribution in [0.5, 0.6) is 5.75 Å². The van der Waals surface area contributed by atoms with Crippen LogP contribution in [0.1, 0.15) is 6.42 Å². The van der Waals surface area contributed by atoms with E-state index in [1.54, 1.807) is 19.2 Å². The van der Waals surface area contributed by atoms with Crippen LogP contribution in [-0.4, -0.2) is 21.2 Å². The first-order valence-corrected chi connectivity index (χ1v) is 8.52. The number of nitrogens with zero attached hydrogens (tertiary/aromatic N) is 3. The minimum atomic E-state index is -0.358. The minimum absolute atomic E-state index is 0.129. The van der Waals surface area contributed by atoms with E-state index in [0.717, 1.165) is 36.2 Å². The number of aryl methyl sites for hydroxylation is 2. The Hall–Kier alpha value is -3.28. The van der Waals surface area contributed by atoms with Crippen LogP contribution in [0.4, 0.5) is 5.69 Å². The first kappa shape index (κ1) is 16.2. The number of hydrogen-bond acceptors (Lipinski definition) is 3. The summed E-state index contributed by atoms with van der Waals surface area (Å²) in [5.74, 6) is 0.864. The second-order valence-corrected chi connectivity index (χ2v) is 6.30. The van der Waals surface area contributed by atoms with Gasteiger partial charge in [0, 0.05) is 59.4 Å². The predicted molar refractivity (Wildman–Crippen MR) is 102 cm³/mol. The lowest BCUT2D eigenvalue weighted by molar-refractivity contribution is -0.384. The molecule has 132 valence electrons. The number of ether oxygens (including phenoxy) is 1. The van der Waals surface area contributed by atoms with E-state index >= 15 is 0 Å². The fourth-order valence-corrected chi connectivity index (χ4v) is 3.41. The second kappa shape index (κ2) is 6.55. The monoisotopic (exact) mass is 349 g/mol. The SMILES string of the molecule is COc1ccc2c(ccn2CCCn2ccc3cc([N+](=O)[O-])ccc32)c1. The van der Waals surface area contributed by atoms with Gasteiger partial charge in [0.15, 0.2) is 0 Å². The third-order valence-corrected chi connectivity index (χ3v) is 4.74. The molecule has 0 saturated carbocycles. The normalized spacial score (nSPS) is 11.3. The van der Waals surface area contributed by atoms with E-state index in [1.807, 2.05) is 30.5 Å². The Bertz CT molecular complexity index is 1090. The standard InChI is InChI=1S/C20H19N3O3/c1-26-18-4-6-20-16(14-18)8-12-22(20)10-2-9-21-11-7-15-13-17(23(24)25)3-5-19(15)21/h3-8,11-14H,2,9-10H2,1H3. The van der Waals surface area contributed by atoms with Crippen LogP contribution in [0, 0.1) is 10.1 Å². The fourth-order valence-electron chi connectivity index (χ4n) is 3.41. The van der Waals surface area contributed by atoms with E-state index in [2.05, 4.69) is 27.5 Å². The summed E-state index contributed by atoms with van der Waals surface area (Å²) in [6, 6.07) is 15.1.